The van der Waals surface area contributed by atoms with Crippen molar-refractivity contribution in [3.8, 4) is 6.19 Å². The fraction of sp³-hybridized carbons (Fsp3) is 0.667. The van der Waals surface area contributed by atoms with E-state index in [9.17, 15) is 0 Å². The lowest BCUT2D eigenvalue weighted by Crippen LogP contribution is -2.38. The van der Waals surface area contributed by atoms with Crippen molar-refractivity contribution in [2.45, 2.75) is 19.9 Å². The van der Waals surface area contributed by atoms with Crippen LogP contribution in [-0.2, 0) is 0 Å². The highest BCUT2D eigenvalue weighted by molar-refractivity contribution is 5.78. The molecular formula is C6H12N4. The number of nitriles is 1. The van der Waals surface area contributed by atoms with Crippen LogP contribution in [0.5, 0.6) is 0 Å². The number of aliphatic imine (C=N–C) groups is 1. The second-order valence-electron chi connectivity index (χ2n) is 2.27. The molecule has 0 spiro atoms. The Kier molecular flexibility index (Phi) is 3.26. The molecule has 10 heavy (non-hydrogen) atoms. The molecule has 4 nitrogen and oxygen atoms in total. The minimum absolute atomic E-state index is 0.262. The van der Waals surface area contributed by atoms with Gasteiger partial charge in [-0.3, -0.25) is 0 Å². The van der Waals surface area contributed by atoms with Gasteiger partial charge in [0.05, 0.1) is 0 Å². The van der Waals surface area contributed by atoms with E-state index < -0.39 is 0 Å². The lowest BCUT2D eigenvalue weighted by molar-refractivity contribution is 0.413. The summed E-state index contributed by atoms with van der Waals surface area (Å²) in [7, 11) is 1.79. The molecule has 0 heterocycles. The Labute approximate surface area is 61.0 Å². The van der Waals surface area contributed by atoms with Gasteiger partial charge in [-0.2, -0.15) is 5.26 Å². The molecule has 0 unspecified atom stereocenters. The molecule has 0 fully saturated rings. The van der Waals surface area contributed by atoms with Gasteiger partial charge >= 0.3 is 0 Å². The summed E-state index contributed by atoms with van der Waals surface area (Å²) in [6.45, 7) is 3.94. The van der Waals surface area contributed by atoms with Gasteiger partial charge in [0.25, 0.3) is 0 Å². The van der Waals surface area contributed by atoms with Gasteiger partial charge in [-0.1, -0.05) is 0 Å². The number of rotatable bonds is 1. The van der Waals surface area contributed by atoms with E-state index in [1.54, 1.807) is 18.1 Å². The number of hydrogen-bond donors (Lipinski definition) is 1. The van der Waals surface area contributed by atoms with Crippen LogP contribution in [0.1, 0.15) is 13.8 Å². The number of nitrogens with two attached hydrogens (primary N) is 1. The van der Waals surface area contributed by atoms with Crippen molar-refractivity contribution in [1.29, 1.82) is 5.26 Å². The molecule has 56 valence electrons. The summed E-state index contributed by atoms with van der Waals surface area (Å²) >= 11 is 0. The van der Waals surface area contributed by atoms with Crippen LogP contribution in [0.4, 0.5) is 0 Å². The van der Waals surface area contributed by atoms with Crippen LogP contribution in [-0.4, -0.2) is 23.9 Å². The van der Waals surface area contributed by atoms with Gasteiger partial charge in [-0.05, 0) is 13.8 Å². The van der Waals surface area contributed by atoms with Gasteiger partial charge in [-0.15, -0.1) is 4.99 Å². The second-order valence-corrected chi connectivity index (χ2v) is 2.27. The van der Waals surface area contributed by atoms with Crippen LogP contribution in [0.15, 0.2) is 4.99 Å². The summed E-state index contributed by atoms with van der Waals surface area (Å²) < 4.78 is 0. The van der Waals surface area contributed by atoms with Gasteiger partial charge < -0.3 is 10.6 Å². The highest BCUT2D eigenvalue weighted by Gasteiger charge is 2.04. The molecule has 0 aliphatic heterocycles. The average Bonchev–Trinajstić information content (AvgIpc) is 1.87. The Balaban J connectivity index is 4.10. The molecule has 0 aromatic heterocycles. The molecular weight excluding hydrogens is 128 g/mol. The molecule has 0 rings (SSSR count). The monoisotopic (exact) mass is 140 g/mol. The first-order valence-corrected chi connectivity index (χ1v) is 3.04. The van der Waals surface area contributed by atoms with Crippen molar-refractivity contribution in [3.63, 3.8) is 0 Å². The number of hydrogen-bond acceptors (Lipinski definition) is 2. The molecule has 0 aromatic rings. The van der Waals surface area contributed by atoms with Gasteiger partial charge in [0.2, 0.25) is 12.2 Å². The third-order valence-corrected chi connectivity index (χ3v) is 1.30. The zero-order valence-electron chi connectivity index (χ0n) is 6.50. The molecule has 0 saturated heterocycles. The maximum atomic E-state index is 8.12. The third-order valence-electron chi connectivity index (χ3n) is 1.30. The lowest BCUT2D eigenvalue weighted by Gasteiger charge is -2.20. The molecule has 0 aromatic carbocycles. The molecule has 0 aliphatic rings. The fourth-order valence-corrected chi connectivity index (χ4v) is 0.395. The largest absolute Gasteiger partial charge is 0.369 e. The minimum Gasteiger partial charge on any atom is -0.369 e. The Morgan fingerprint density at radius 1 is 1.70 bits per heavy atom. The zero-order valence-corrected chi connectivity index (χ0v) is 6.50. The molecule has 0 atom stereocenters. The molecule has 2 N–H and O–H groups in total. The molecule has 0 radical (unpaired) electrons. The first-order chi connectivity index (χ1) is 4.59. The van der Waals surface area contributed by atoms with Crippen molar-refractivity contribution >= 4 is 5.96 Å². The standard InChI is InChI=1S/C6H12N4/c1-5(2)10(3)6(8)9-4-7/h5H,1-3H3,(H2,8,9). The van der Waals surface area contributed by atoms with Crippen LogP contribution in [0.3, 0.4) is 0 Å². The summed E-state index contributed by atoms with van der Waals surface area (Å²) in [6.07, 6.45) is 1.62. The average molecular weight is 140 g/mol. The van der Waals surface area contributed by atoms with E-state index in [0.717, 1.165) is 0 Å². The Hall–Kier alpha value is -1.24. The van der Waals surface area contributed by atoms with E-state index in [1.165, 1.54) is 0 Å². The van der Waals surface area contributed by atoms with Crippen molar-refractivity contribution < 1.29 is 0 Å². The Morgan fingerprint density at radius 2 is 2.20 bits per heavy atom. The van der Waals surface area contributed by atoms with Gasteiger partial charge in [0, 0.05) is 13.1 Å². The van der Waals surface area contributed by atoms with Crippen molar-refractivity contribution in [2.75, 3.05) is 7.05 Å². The number of nitrogens with zero attached hydrogens (tertiary/aromatic N) is 3. The Morgan fingerprint density at radius 3 is 2.50 bits per heavy atom. The quantitative estimate of drug-likeness (QED) is 0.319. The topological polar surface area (TPSA) is 65.4 Å². The molecule has 0 saturated carbocycles. The van der Waals surface area contributed by atoms with E-state index in [2.05, 4.69) is 4.99 Å². The van der Waals surface area contributed by atoms with Crippen LogP contribution in [0.25, 0.3) is 0 Å². The maximum absolute atomic E-state index is 8.12. The second kappa shape index (κ2) is 3.72. The molecule has 0 aliphatic carbocycles. The first kappa shape index (κ1) is 8.76. The third kappa shape index (κ3) is 2.35. The predicted molar refractivity (Wildman–Crippen MR) is 40.1 cm³/mol. The van der Waals surface area contributed by atoms with E-state index in [4.69, 9.17) is 11.0 Å². The highest BCUT2D eigenvalue weighted by atomic mass is 15.2. The van der Waals surface area contributed by atoms with Crippen molar-refractivity contribution in [3.05, 3.63) is 0 Å². The van der Waals surface area contributed by atoms with Crippen LogP contribution in [0.2, 0.25) is 0 Å². The van der Waals surface area contributed by atoms with Gasteiger partial charge in [-0.25, -0.2) is 0 Å². The summed E-state index contributed by atoms with van der Waals surface area (Å²) in [5.74, 6) is 0.262. The molecule has 4 heteroatoms. The SMILES string of the molecule is CC(C)N(C)C(N)=NC#N. The minimum atomic E-state index is 0.262. The summed E-state index contributed by atoms with van der Waals surface area (Å²) in [5, 5.41) is 8.12. The maximum Gasteiger partial charge on any atom is 0.209 e. The summed E-state index contributed by atoms with van der Waals surface area (Å²) in [6, 6.07) is 0.275. The van der Waals surface area contributed by atoms with Gasteiger partial charge in [0.1, 0.15) is 0 Å². The smallest absolute Gasteiger partial charge is 0.209 e. The lowest BCUT2D eigenvalue weighted by atomic mass is 10.4. The van der Waals surface area contributed by atoms with E-state index >= 15 is 0 Å². The van der Waals surface area contributed by atoms with Crippen LogP contribution >= 0.6 is 0 Å². The highest BCUT2D eigenvalue weighted by Crippen LogP contribution is 1.91. The fourth-order valence-electron chi connectivity index (χ4n) is 0.395. The number of guanidine groups is 1. The van der Waals surface area contributed by atoms with Crippen molar-refractivity contribution in [2.24, 2.45) is 10.7 Å². The van der Waals surface area contributed by atoms with E-state index in [-0.39, 0.29) is 12.0 Å². The Bertz CT molecular complexity index is 165. The molecule has 0 bridgehead atoms. The van der Waals surface area contributed by atoms with Crippen molar-refractivity contribution in [1.82, 2.24) is 4.90 Å². The normalized spacial score (nSPS) is 11.3. The predicted octanol–water partition coefficient (Wildman–Crippen LogP) is 0.122. The van der Waals surface area contributed by atoms with E-state index in [0.29, 0.717) is 0 Å². The van der Waals surface area contributed by atoms with E-state index in [1.807, 2.05) is 13.8 Å². The first-order valence-electron chi connectivity index (χ1n) is 3.04. The van der Waals surface area contributed by atoms with Gasteiger partial charge in [0.15, 0.2) is 0 Å². The van der Waals surface area contributed by atoms with Crippen LogP contribution < -0.4 is 5.73 Å². The summed E-state index contributed by atoms with van der Waals surface area (Å²) in [5.41, 5.74) is 5.38. The molecule has 0 amide bonds. The van der Waals surface area contributed by atoms with Crippen LogP contribution in [0, 0.1) is 11.5 Å². The summed E-state index contributed by atoms with van der Waals surface area (Å²) in [4.78, 5) is 5.10. The zero-order chi connectivity index (χ0) is 8.15.